The van der Waals surface area contributed by atoms with E-state index in [1.54, 1.807) is 13.3 Å². The molecule has 0 aliphatic rings. The lowest BCUT2D eigenvalue weighted by atomic mass is 10.3. The van der Waals surface area contributed by atoms with Gasteiger partial charge in [0.1, 0.15) is 17.9 Å². The predicted molar refractivity (Wildman–Crippen MR) is 134 cm³/mol. The first-order valence-corrected chi connectivity index (χ1v) is 13.5. The molecule has 9 heteroatoms. The second kappa shape index (κ2) is 11.3. The van der Waals surface area contributed by atoms with E-state index < -0.39 is 7.14 Å². The van der Waals surface area contributed by atoms with Crippen LogP contribution in [-0.4, -0.2) is 43.0 Å². The molecule has 1 aromatic heterocycles. The Hall–Kier alpha value is -2.60. The SMILES string of the molecule is CCNCCCOc1cccc(Nc2ncc(Cl)c(Nc3ccccc3P(C)(C)=O)n2)c1. The largest absolute Gasteiger partial charge is 0.493 e. The molecule has 0 bridgehead atoms. The first-order chi connectivity index (χ1) is 15.4. The first-order valence-electron chi connectivity index (χ1n) is 10.5. The van der Waals surface area contributed by atoms with Gasteiger partial charge in [-0.25, -0.2) is 4.98 Å². The van der Waals surface area contributed by atoms with Crippen LogP contribution in [0.15, 0.2) is 54.7 Å². The minimum Gasteiger partial charge on any atom is -0.493 e. The van der Waals surface area contributed by atoms with Crippen molar-refractivity contribution in [1.29, 1.82) is 0 Å². The van der Waals surface area contributed by atoms with Crippen molar-refractivity contribution in [3.8, 4) is 5.75 Å². The van der Waals surface area contributed by atoms with Gasteiger partial charge in [-0.1, -0.05) is 36.7 Å². The molecule has 0 saturated heterocycles. The zero-order valence-electron chi connectivity index (χ0n) is 18.6. The van der Waals surface area contributed by atoms with E-state index in [1.807, 2.05) is 48.5 Å². The summed E-state index contributed by atoms with van der Waals surface area (Å²) in [6, 6.07) is 15.1. The number of hydrogen-bond donors (Lipinski definition) is 3. The molecule has 7 nitrogen and oxygen atoms in total. The van der Waals surface area contributed by atoms with Crippen LogP contribution in [0.25, 0.3) is 0 Å². The van der Waals surface area contributed by atoms with Crippen LogP contribution >= 0.6 is 18.7 Å². The van der Waals surface area contributed by atoms with Crippen LogP contribution in [0.2, 0.25) is 5.02 Å². The van der Waals surface area contributed by atoms with Crippen molar-refractivity contribution in [3.05, 3.63) is 59.8 Å². The van der Waals surface area contributed by atoms with E-state index in [-0.39, 0.29) is 0 Å². The molecule has 3 N–H and O–H groups in total. The van der Waals surface area contributed by atoms with Gasteiger partial charge in [0.25, 0.3) is 0 Å². The highest BCUT2D eigenvalue weighted by Gasteiger charge is 2.17. The van der Waals surface area contributed by atoms with Crippen LogP contribution in [0.1, 0.15) is 13.3 Å². The van der Waals surface area contributed by atoms with Crippen molar-refractivity contribution in [2.75, 3.05) is 43.7 Å². The van der Waals surface area contributed by atoms with Crippen molar-refractivity contribution in [2.24, 2.45) is 0 Å². The summed E-state index contributed by atoms with van der Waals surface area (Å²) in [5, 5.41) is 10.8. The molecule has 0 unspecified atom stereocenters. The average Bonchev–Trinajstić information content (AvgIpc) is 2.76. The van der Waals surface area contributed by atoms with Gasteiger partial charge in [0.05, 0.1) is 18.5 Å². The predicted octanol–water partition coefficient (Wildman–Crippen LogP) is 5.24. The highest BCUT2D eigenvalue weighted by molar-refractivity contribution is 7.70. The average molecular weight is 474 g/mol. The summed E-state index contributed by atoms with van der Waals surface area (Å²) in [6.07, 6.45) is 2.46. The molecule has 0 saturated carbocycles. The summed E-state index contributed by atoms with van der Waals surface area (Å²) in [5.41, 5.74) is 1.51. The lowest BCUT2D eigenvalue weighted by Gasteiger charge is -2.16. The number of aromatic nitrogens is 2. The maximum absolute atomic E-state index is 12.6. The van der Waals surface area contributed by atoms with Crippen LogP contribution in [0.3, 0.4) is 0 Å². The Balaban J connectivity index is 1.72. The maximum Gasteiger partial charge on any atom is 0.229 e. The van der Waals surface area contributed by atoms with Crippen LogP contribution in [-0.2, 0) is 4.57 Å². The third-order valence-corrected chi connectivity index (χ3v) is 6.42. The molecule has 0 aliphatic heterocycles. The number of nitrogens with one attached hydrogen (secondary N) is 3. The van der Waals surface area contributed by atoms with Gasteiger partial charge in [-0.2, -0.15) is 4.98 Å². The number of para-hydroxylation sites is 1. The van der Waals surface area contributed by atoms with Crippen molar-refractivity contribution in [3.63, 3.8) is 0 Å². The van der Waals surface area contributed by atoms with Crippen LogP contribution in [0.4, 0.5) is 23.1 Å². The van der Waals surface area contributed by atoms with E-state index in [2.05, 4.69) is 32.8 Å². The zero-order chi connectivity index (χ0) is 23.0. The Morgan fingerprint density at radius 1 is 1.09 bits per heavy atom. The summed E-state index contributed by atoms with van der Waals surface area (Å²) in [5.74, 6) is 1.59. The molecule has 0 radical (unpaired) electrons. The molecule has 0 aliphatic carbocycles. The minimum absolute atomic E-state index is 0.366. The second-order valence-corrected chi connectivity index (χ2v) is 11.2. The standard InChI is InChI=1S/C23H29ClN5O2P/c1-4-25-13-8-14-31-18-10-7-9-17(15-18)27-23-26-16-19(24)22(29-23)28-20-11-5-6-12-21(20)32(2,3)30/h5-7,9-12,15-16,25H,4,8,13-14H2,1-3H3,(H2,26,27,28,29). The summed E-state index contributed by atoms with van der Waals surface area (Å²) < 4.78 is 18.5. The molecule has 32 heavy (non-hydrogen) atoms. The van der Waals surface area contributed by atoms with Gasteiger partial charge in [-0.3, -0.25) is 0 Å². The Kier molecular flexibility index (Phi) is 8.51. The molecule has 3 aromatic rings. The maximum atomic E-state index is 12.6. The monoisotopic (exact) mass is 473 g/mol. The molecule has 2 aromatic carbocycles. The van der Waals surface area contributed by atoms with E-state index in [0.717, 1.165) is 36.3 Å². The summed E-state index contributed by atoms with van der Waals surface area (Å²) >= 11 is 6.32. The fraction of sp³-hybridized carbons (Fsp3) is 0.304. The smallest absolute Gasteiger partial charge is 0.229 e. The van der Waals surface area contributed by atoms with Crippen molar-refractivity contribution in [1.82, 2.24) is 15.3 Å². The molecular weight excluding hydrogens is 445 g/mol. The highest BCUT2D eigenvalue weighted by Crippen LogP contribution is 2.38. The van der Waals surface area contributed by atoms with E-state index in [9.17, 15) is 4.57 Å². The van der Waals surface area contributed by atoms with Crippen molar-refractivity contribution < 1.29 is 9.30 Å². The molecule has 170 valence electrons. The van der Waals surface area contributed by atoms with E-state index in [4.69, 9.17) is 16.3 Å². The Morgan fingerprint density at radius 3 is 2.69 bits per heavy atom. The van der Waals surface area contributed by atoms with Crippen LogP contribution in [0, 0.1) is 0 Å². The number of benzene rings is 2. The van der Waals surface area contributed by atoms with Gasteiger partial charge in [0, 0.05) is 17.1 Å². The summed E-state index contributed by atoms with van der Waals surface area (Å²) in [6.45, 7) is 8.08. The first kappa shape index (κ1) is 24.1. The highest BCUT2D eigenvalue weighted by atomic mass is 35.5. The topological polar surface area (TPSA) is 88.2 Å². The third-order valence-electron chi connectivity index (χ3n) is 4.59. The zero-order valence-corrected chi connectivity index (χ0v) is 20.2. The lowest BCUT2D eigenvalue weighted by molar-refractivity contribution is 0.309. The number of nitrogens with zero attached hydrogens (tertiary/aromatic N) is 2. The second-order valence-electron chi connectivity index (χ2n) is 7.59. The Morgan fingerprint density at radius 2 is 1.91 bits per heavy atom. The fourth-order valence-corrected chi connectivity index (χ4v) is 4.34. The summed E-state index contributed by atoms with van der Waals surface area (Å²) in [4.78, 5) is 8.78. The van der Waals surface area contributed by atoms with E-state index in [1.165, 1.54) is 6.20 Å². The van der Waals surface area contributed by atoms with Gasteiger partial charge < -0.3 is 25.3 Å². The van der Waals surface area contributed by atoms with Gasteiger partial charge in [-0.15, -0.1) is 0 Å². The molecule has 0 atom stereocenters. The normalized spacial score (nSPS) is 11.2. The quantitative estimate of drug-likeness (QED) is 0.259. The molecule has 3 rings (SSSR count). The number of rotatable bonds is 11. The molecule has 0 amide bonds. The molecule has 1 heterocycles. The summed E-state index contributed by atoms with van der Waals surface area (Å²) in [7, 11) is -2.48. The molecule has 0 spiro atoms. The van der Waals surface area contributed by atoms with Crippen molar-refractivity contribution in [2.45, 2.75) is 13.3 Å². The van der Waals surface area contributed by atoms with Gasteiger partial charge >= 0.3 is 0 Å². The lowest BCUT2D eigenvalue weighted by Crippen LogP contribution is -2.16. The Labute approximate surface area is 194 Å². The number of halogens is 1. The Bertz CT molecular complexity index is 1090. The minimum atomic E-state index is -2.48. The number of ether oxygens (including phenoxy) is 1. The van der Waals surface area contributed by atoms with Crippen LogP contribution < -0.4 is 26.0 Å². The molecular formula is C23H29ClN5O2P. The van der Waals surface area contributed by atoms with Gasteiger partial charge in [0.2, 0.25) is 5.95 Å². The van der Waals surface area contributed by atoms with Gasteiger partial charge in [0.15, 0.2) is 5.82 Å². The fourth-order valence-electron chi connectivity index (χ4n) is 3.05. The number of anilines is 4. The van der Waals surface area contributed by atoms with E-state index in [0.29, 0.717) is 29.1 Å². The number of hydrogen-bond acceptors (Lipinski definition) is 7. The van der Waals surface area contributed by atoms with Crippen molar-refractivity contribution >= 4 is 47.2 Å². The third kappa shape index (κ3) is 6.95. The van der Waals surface area contributed by atoms with Gasteiger partial charge in [-0.05, 0) is 57.1 Å². The van der Waals surface area contributed by atoms with Crippen LogP contribution in [0.5, 0.6) is 5.75 Å². The van der Waals surface area contributed by atoms with E-state index >= 15 is 0 Å². The molecule has 0 fully saturated rings.